The van der Waals surface area contributed by atoms with Gasteiger partial charge in [-0.3, -0.25) is 4.79 Å². The summed E-state index contributed by atoms with van der Waals surface area (Å²) < 4.78 is 5.05. The number of rotatable bonds is 3. The molecule has 0 aromatic heterocycles. The van der Waals surface area contributed by atoms with E-state index in [-0.39, 0.29) is 18.3 Å². The molecule has 1 saturated carbocycles. The van der Waals surface area contributed by atoms with Gasteiger partial charge in [0.15, 0.2) is 0 Å². The van der Waals surface area contributed by atoms with Crippen LogP contribution in [0.4, 0.5) is 5.69 Å². The second-order valence-electron chi connectivity index (χ2n) is 3.96. The van der Waals surface area contributed by atoms with Crippen molar-refractivity contribution in [1.29, 1.82) is 0 Å². The van der Waals surface area contributed by atoms with Crippen molar-refractivity contribution >= 4 is 35.6 Å². The standard InChI is InChI=1S/C11H13ClN2O2.ClH/c1-16-9-6-7(2-3-8(9)12)14-10(15)11(13)4-5-11;/h2-3,6H,4-5,13H2,1H3,(H,14,15);1H. The Labute approximate surface area is 111 Å². The highest BCUT2D eigenvalue weighted by Crippen LogP contribution is 2.34. The van der Waals surface area contributed by atoms with Gasteiger partial charge in [0.25, 0.3) is 0 Å². The second kappa shape index (κ2) is 5.12. The SMILES string of the molecule is COc1cc(NC(=O)C2(N)CC2)ccc1Cl.Cl. The molecule has 0 bridgehead atoms. The van der Waals surface area contributed by atoms with Gasteiger partial charge in [-0.05, 0) is 25.0 Å². The Balaban J connectivity index is 0.00000144. The summed E-state index contributed by atoms with van der Waals surface area (Å²) in [7, 11) is 1.53. The third-order valence-electron chi connectivity index (χ3n) is 2.65. The minimum Gasteiger partial charge on any atom is -0.495 e. The molecule has 0 saturated heterocycles. The molecule has 0 radical (unpaired) electrons. The monoisotopic (exact) mass is 276 g/mol. The Hall–Kier alpha value is -0.970. The summed E-state index contributed by atoms with van der Waals surface area (Å²) in [4.78, 5) is 11.7. The molecule has 4 nitrogen and oxygen atoms in total. The number of nitrogens with one attached hydrogen (secondary N) is 1. The van der Waals surface area contributed by atoms with Crippen molar-refractivity contribution < 1.29 is 9.53 Å². The number of halogens is 2. The van der Waals surface area contributed by atoms with E-state index in [1.165, 1.54) is 7.11 Å². The van der Waals surface area contributed by atoms with Crippen LogP contribution in [0.2, 0.25) is 5.02 Å². The Morgan fingerprint density at radius 2 is 2.18 bits per heavy atom. The molecule has 1 aliphatic carbocycles. The first-order valence-electron chi connectivity index (χ1n) is 4.99. The highest BCUT2D eigenvalue weighted by atomic mass is 35.5. The molecular formula is C11H14Cl2N2O2. The van der Waals surface area contributed by atoms with Gasteiger partial charge in [-0.15, -0.1) is 12.4 Å². The average molecular weight is 277 g/mol. The van der Waals surface area contributed by atoms with Gasteiger partial charge in [0, 0.05) is 11.8 Å². The Bertz CT molecular complexity index is 433. The van der Waals surface area contributed by atoms with E-state index >= 15 is 0 Å². The van der Waals surface area contributed by atoms with E-state index in [0.29, 0.717) is 16.5 Å². The van der Waals surface area contributed by atoms with Gasteiger partial charge in [-0.2, -0.15) is 0 Å². The predicted molar refractivity (Wildman–Crippen MR) is 70.0 cm³/mol. The maximum Gasteiger partial charge on any atom is 0.244 e. The van der Waals surface area contributed by atoms with Crippen molar-refractivity contribution in [2.24, 2.45) is 5.73 Å². The van der Waals surface area contributed by atoms with Gasteiger partial charge in [-0.1, -0.05) is 11.6 Å². The van der Waals surface area contributed by atoms with Crippen LogP contribution in [0.3, 0.4) is 0 Å². The summed E-state index contributed by atoms with van der Waals surface area (Å²) in [6.45, 7) is 0. The zero-order chi connectivity index (χ0) is 11.8. The average Bonchev–Trinajstić information content (AvgIpc) is 3.01. The lowest BCUT2D eigenvalue weighted by Crippen LogP contribution is -2.37. The first-order valence-corrected chi connectivity index (χ1v) is 5.37. The van der Waals surface area contributed by atoms with E-state index < -0.39 is 5.54 Å². The van der Waals surface area contributed by atoms with E-state index in [1.54, 1.807) is 18.2 Å². The third-order valence-corrected chi connectivity index (χ3v) is 2.96. The Morgan fingerprint density at radius 1 is 1.53 bits per heavy atom. The molecule has 17 heavy (non-hydrogen) atoms. The fraction of sp³-hybridized carbons (Fsp3) is 0.364. The zero-order valence-corrected chi connectivity index (χ0v) is 10.9. The number of carbonyl (C=O) groups excluding carboxylic acids is 1. The highest BCUT2D eigenvalue weighted by Gasteiger charge is 2.45. The molecule has 0 unspecified atom stereocenters. The number of nitrogens with two attached hydrogens (primary N) is 1. The number of amides is 1. The number of anilines is 1. The Kier molecular flexibility index (Phi) is 4.25. The van der Waals surface area contributed by atoms with Gasteiger partial charge in [-0.25, -0.2) is 0 Å². The summed E-state index contributed by atoms with van der Waals surface area (Å²) in [5, 5.41) is 3.25. The second-order valence-corrected chi connectivity index (χ2v) is 4.37. The fourth-order valence-corrected chi connectivity index (χ4v) is 1.55. The van der Waals surface area contributed by atoms with Crippen molar-refractivity contribution in [3.63, 3.8) is 0 Å². The number of benzene rings is 1. The lowest BCUT2D eigenvalue weighted by atomic mass is 10.2. The lowest BCUT2D eigenvalue weighted by molar-refractivity contribution is -0.118. The van der Waals surface area contributed by atoms with Gasteiger partial charge < -0.3 is 15.8 Å². The van der Waals surface area contributed by atoms with Crippen molar-refractivity contribution in [1.82, 2.24) is 0 Å². The van der Waals surface area contributed by atoms with Crippen LogP contribution in [0, 0.1) is 0 Å². The largest absolute Gasteiger partial charge is 0.495 e. The molecule has 0 heterocycles. The molecule has 1 amide bonds. The first kappa shape index (κ1) is 14.1. The summed E-state index contributed by atoms with van der Waals surface area (Å²) in [5.41, 5.74) is 5.74. The number of carbonyl (C=O) groups is 1. The first-order chi connectivity index (χ1) is 7.55. The quantitative estimate of drug-likeness (QED) is 0.890. The van der Waals surface area contributed by atoms with Gasteiger partial charge in [0.2, 0.25) is 5.91 Å². The van der Waals surface area contributed by atoms with Gasteiger partial charge in [0.05, 0.1) is 17.7 Å². The molecule has 1 fully saturated rings. The van der Waals surface area contributed by atoms with Gasteiger partial charge >= 0.3 is 0 Å². The van der Waals surface area contributed by atoms with Gasteiger partial charge in [0.1, 0.15) is 5.75 Å². The summed E-state index contributed by atoms with van der Waals surface area (Å²) in [6.07, 6.45) is 1.48. The van der Waals surface area contributed by atoms with Crippen LogP contribution < -0.4 is 15.8 Å². The summed E-state index contributed by atoms with van der Waals surface area (Å²) >= 11 is 5.87. The zero-order valence-electron chi connectivity index (χ0n) is 9.33. The maximum atomic E-state index is 11.7. The van der Waals surface area contributed by atoms with Crippen LogP contribution >= 0.6 is 24.0 Å². The molecule has 94 valence electrons. The normalized spacial score (nSPS) is 15.7. The van der Waals surface area contributed by atoms with Crippen LogP contribution in [0.1, 0.15) is 12.8 Å². The molecule has 3 N–H and O–H groups in total. The van der Waals surface area contributed by atoms with Crippen molar-refractivity contribution in [2.45, 2.75) is 18.4 Å². The fourth-order valence-electron chi connectivity index (χ4n) is 1.35. The molecule has 6 heteroatoms. The third kappa shape index (κ3) is 3.03. The lowest BCUT2D eigenvalue weighted by Gasteiger charge is -2.11. The van der Waals surface area contributed by atoms with Crippen LogP contribution in [0.15, 0.2) is 18.2 Å². The molecule has 0 aliphatic heterocycles. The van der Waals surface area contributed by atoms with E-state index in [4.69, 9.17) is 22.1 Å². The number of hydrogen-bond acceptors (Lipinski definition) is 3. The van der Waals surface area contributed by atoms with Crippen molar-refractivity contribution in [3.8, 4) is 5.75 Å². The minimum atomic E-state index is -0.674. The molecule has 1 aromatic carbocycles. The molecule has 0 spiro atoms. The van der Waals surface area contributed by atoms with Crippen molar-refractivity contribution in [2.75, 3.05) is 12.4 Å². The molecule has 2 rings (SSSR count). The Morgan fingerprint density at radius 3 is 2.71 bits per heavy atom. The van der Waals surface area contributed by atoms with Crippen LogP contribution in [0.5, 0.6) is 5.75 Å². The summed E-state index contributed by atoms with van der Waals surface area (Å²) in [5.74, 6) is 0.373. The maximum absolute atomic E-state index is 11.7. The van der Waals surface area contributed by atoms with Crippen LogP contribution in [0.25, 0.3) is 0 Å². The highest BCUT2D eigenvalue weighted by molar-refractivity contribution is 6.32. The van der Waals surface area contributed by atoms with E-state index in [1.807, 2.05) is 0 Å². The van der Waals surface area contributed by atoms with Crippen molar-refractivity contribution in [3.05, 3.63) is 23.2 Å². The number of hydrogen-bond donors (Lipinski definition) is 2. The molecule has 1 aromatic rings. The number of ether oxygens (including phenoxy) is 1. The molecular weight excluding hydrogens is 263 g/mol. The van der Waals surface area contributed by atoms with E-state index in [2.05, 4.69) is 5.32 Å². The smallest absolute Gasteiger partial charge is 0.244 e. The van der Waals surface area contributed by atoms with E-state index in [0.717, 1.165) is 12.8 Å². The molecule has 0 atom stereocenters. The summed E-state index contributed by atoms with van der Waals surface area (Å²) in [6, 6.07) is 5.06. The number of methoxy groups -OCH3 is 1. The van der Waals surface area contributed by atoms with Crippen LogP contribution in [-0.4, -0.2) is 18.6 Å². The predicted octanol–water partition coefficient (Wildman–Crippen LogP) is 2.20. The minimum absolute atomic E-state index is 0. The molecule has 1 aliphatic rings. The topological polar surface area (TPSA) is 64.3 Å². The van der Waals surface area contributed by atoms with Crippen LogP contribution in [-0.2, 0) is 4.79 Å². The van der Waals surface area contributed by atoms with E-state index in [9.17, 15) is 4.79 Å².